The first kappa shape index (κ1) is 80.7. The lowest BCUT2D eigenvalue weighted by Gasteiger charge is -2.42. The lowest BCUT2D eigenvalue weighted by atomic mass is 10.1. The Morgan fingerprint density at radius 3 is 1.20 bits per heavy atom. The molecular weight excluding hydrogens is 1390 g/mol. The summed E-state index contributed by atoms with van der Waals surface area (Å²) in [7, 11) is 7.70. The van der Waals surface area contributed by atoms with Crippen LogP contribution >= 0.6 is 12.4 Å². The summed E-state index contributed by atoms with van der Waals surface area (Å²) in [5.74, 6) is -4.23. The van der Waals surface area contributed by atoms with Crippen molar-refractivity contribution in [3.8, 4) is 5.75 Å². The van der Waals surface area contributed by atoms with E-state index in [0.29, 0.717) is 5.75 Å². The largest absolute Gasteiger partial charge is 0.497 e. The molecule has 2 aliphatic rings. The fourth-order valence-electron chi connectivity index (χ4n) is 8.31. The minimum absolute atomic E-state index is 0. The summed E-state index contributed by atoms with van der Waals surface area (Å²) in [6.45, 7) is 21.5. The number of rotatable bonds is 9. The Labute approximate surface area is 566 Å². The van der Waals surface area contributed by atoms with E-state index in [4.69, 9.17) is 35.2 Å². The van der Waals surface area contributed by atoms with Crippen molar-refractivity contribution in [2.24, 2.45) is 26.4 Å². The molecule has 24 nitrogen and oxygen atoms in total. The zero-order valence-electron chi connectivity index (χ0n) is 56.8. The minimum Gasteiger partial charge on any atom is -0.497 e. The van der Waals surface area contributed by atoms with Gasteiger partial charge >= 0.3 is 57.6 Å². The van der Waals surface area contributed by atoms with Crippen LogP contribution in [0.4, 0.5) is 55.1 Å². The summed E-state index contributed by atoms with van der Waals surface area (Å²) < 4.78 is 114. The van der Waals surface area contributed by atoms with Gasteiger partial charge < -0.3 is 64.6 Å². The van der Waals surface area contributed by atoms with Crippen LogP contribution in [0.5, 0.6) is 5.75 Å². The molecule has 32 heteroatoms. The highest BCUT2D eigenvalue weighted by atomic mass is 127. The maximum atomic E-state index is 16.1. The third-order valence-corrected chi connectivity index (χ3v) is 15.4. The zero-order chi connectivity index (χ0) is 71.3. The van der Waals surface area contributed by atoms with Crippen LogP contribution in [0.1, 0.15) is 111 Å². The fourth-order valence-corrected chi connectivity index (χ4v) is 10.7. The number of benzene rings is 4. The lowest BCUT2D eigenvalue weighted by molar-refractivity contribution is -0.603. The van der Waals surface area contributed by atoms with E-state index in [1.807, 2.05) is 0 Å². The first-order valence-corrected chi connectivity index (χ1v) is 31.2. The van der Waals surface area contributed by atoms with Crippen LogP contribution in [0.15, 0.2) is 75.6 Å². The van der Waals surface area contributed by atoms with Gasteiger partial charge in [0.05, 0.1) is 53.4 Å². The molecule has 0 aliphatic carbocycles. The molecule has 6 rings (SSSR count). The van der Waals surface area contributed by atoms with Crippen molar-refractivity contribution in [1.82, 2.24) is 39.2 Å². The number of hydrogen-bond donors (Lipinski definition) is 2. The highest BCUT2D eigenvalue weighted by Gasteiger charge is 2.39. The van der Waals surface area contributed by atoms with E-state index in [0.717, 1.165) is 25.5 Å². The van der Waals surface area contributed by atoms with Crippen molar-refractivity contribution in [2.45, 2.75) is 139 Å². The molecule has 0 radical (unpaired) electrons. The maximum absolute atomic E-state index is 16.1. The number of nitrogens with two attached hydrogens (primary N) is 2. The summed E-state index contributed by atoms with van der Waals surface area (Å²) in [5, 5.41) is 0. The number of urea groups is 2. The van der Waals surface area contributed by atoms with E-state index in [2.05, 4.69) is 15.0 Å². The quantitative estimate of drug-likeness (QED) is 0.0398. The summed E-state index contributed by atoms with van der Waals surface area (Å²) in [6.07, 6.45) is -3.86. The molecule has 2 fully saturated rings. The molecule has 524 valence electrons. The Kier molecular flexibility index (Phi) is 28.7. The van der Waals surface area contributed by atoms with Gasteiger partial charge in [0, 0.05) is 56.0 Å². The molecule has 2 heterocycles. The molecule has 0 unspecified atom stereocenters. The van der Waals surface area contributed by atoms with Gasteiger partial charge in [-0.15, -0.1) is 22.4 Å². The molecule has 0 saturated carbocycles. The van der Waals surface area contributed by atoms with Gasteiger partial charge in [-0.25, -0.2) is 69.9 Å². The Morgan fingerprint density at radius 2 is 0.853 bits per heavy atom. The average Bonchev–Trinajstić information content (AvgIpc) is 0.804. The Bertz CT molecular complexity index is 3480. The second-order valence-electron chi connectivity index (χ2n) is 25.5. The number of guanidine groups is 3. The Morgan fingerprint density at radius 1 is 0.516 bits per heavy atom. The van der Waals surface area contributed by atoms with Crippen LogP contribution in [0.2, 0.25) is 0 Å². The fraction of sp³-hybridized carbons (Fsp3) is 0.476. The lowest BCUT2D eigenvalue weighted by Crippen LogP contribution is -3.62. The summed E-state index contributed by atoms with van der Waals surface area (Å²) in [5.41, 5.74) is 6.48. The van der Waals surface area contributed by atoms with Crippen molar-refractivity contribution < 1.29 is 100.0 Å². The molecule has 0 spiro atoms. The third kappa shape index (κ3) is 24.7. The van der Waals surface area contributed by atoms with Crippen LogP contribution in [-0.4, -0.2) is 178 Å². The summed E-state index contributed by atoms with van der Waals surface area (Å²) >= 11 is -1.30. The van der Waals surface area contributed by atoms with Gasteiger partial charge in [-0.05, 0) is 139 Å². The van der Waals surface area contributed by atoms with Crippen molar-refractivity contribution in [3.05, 3.63) is 131 Å². The molecular formula is C63H86ClF6IN13O11+. The van der Waals surface area contributed by atoms with E-state index in [-0.39, 0.29) is 107 Å². The van der Waals surface area contributed by atoms with E-state index in [9.17, 15) is 46.3 Å². The predicted octanol–water partition coefficient (Wildman–Crippen LogP) is 8.33. The van der Waals surface area contributed by atoms with E-state index in [1.54, 1.807) is 121 Å². The Balaban J connectivity index is 0.000000413. The summed E-state index contributed by atoms with van der Waals surface area (Å²) in [4.78, 5) is 99.7. The van der Waals surface area contributed by atoms with Crippen molar-refractivity contribution in [1.29, 1.82) is 0 Å². The van der Waals surface area contributed by atoms with Gasteiger partial charge in [0.1, 0.15) is 51.4 Å². The number of methoxy groups -OCH3 is 1. The van der Waals surface area contributed by atoms with Crippen LogP contribution in [0.25, 0.3) is 0 Å². The van der Waals surface area contributed by atoms with Crippen LogP contribution < -0.4 is 37.4 Å². The van der Waals surface area contributed by atoms with Crippen LogP contribution in [0, 0.1) is 55.9 Å². The molecule has 2 aliphatic heterocycles. The predicted molar refractivity (Wildman–Crippen MR) is 342 cm³/mol. The minimum atomic E-state index is -1.30. The first-order chi connectivity index (χ1) is 43.3. The van der Waals surface area contributed by atoms with Gasteiger partial charge in [-0.3, -0.25) is 0 Å². The molecule has 8 amide bonds. The highest BCUT2D eigenvalue weighted by molar-refractivity contribution is 6.00. The van der Waals surface area contributed by atoms with E-state index in [1.165, 1.54) is 88.7 Å². The number of halogens is 8. The van der Waals surface area contributed by atoms with Gasteiger partial charge in [0.2, 0.25) is 11.9 Å². The average molecular weight is 1480 g/mol. The number of hydrogen-bond acceptors (Lipinski definition) is 12. The number of carbonyl (C=O) groups is 6. The number of amides is 8. The normalized spacial score (nSPS) is 13.9. The standard InChI is InChI=1S/C30H39F2IN5O6.C24H35F2N5O5.C9H11F2N3.ClH/c1-29(2,3)43-26(39)34-25(37-17-35(7)27(40)36(8)18-37)38(28(41)44-30(4,5)6)16-19-10-15-22(31)24(23(19)32)33-20-11-13-21(42-9)14-12-20;1-15-17(25)11-10-16(18(15)26)12-31(22(34)36-24(5,6)7)19(27-20(32)35-23(2,3)4)30-13-28(8)21(33)29(9)14-30;1-5-7(10)3-2-6(8(5)11)4-14-9(12)13;/h10-15H,16-18H2,1-9H3;10-11H,12-14H2,1-9H3;2-3H,4H2,1H3,(H4,12,13,14);1H/q+1;;;. The van der Waals surface area contributed by atoms with Crippen molar-refractivity contribution in [2.75, 3.05) is 62.0 Å². The molecule has 2 saturated heterocycles. The maximum Gasteiger partial charge on any atom is 0.437 e. The second-order valence-corrected chi connectivity index (χ2v) is 28.4. The van der Waals surface area contributed by atoms with E-state index < -0.39 is 116 Å². The van der Waals surface area contributed by atoms with Crippen molar-refractivity contribution in [3.63, 3.8) is 0 Å². The SMILES string of the molecule is COc1ccc([I+]c2c(F)ccc(CN(C(=O)OC(C)(C)C)C(=NC(=O)OC(C)(C)C)N3CN(C)C(=O)N(C)C3)c2F)cc1.Cc1c(F)ccc(CN(C(=O)OC(C)(C)C)C(=NC(=O)OC(C)(C)C)N2CN(C)C(=O)N(C)C2)c1F.Cc1c(F)ccc(CN=C(N)N)c1F.Cl. The monoisotopic (exact) mass is 1480 g/mol. The highest BCUT2D eigenvalue weighted by Crippen LogP contribution is 2.25. The zero-order valence-corrected chi connectivity index (χ0v) is 59.8. The number of aliphatic imine (C=N–C) groups is 3. The second kappa shape index (κ2) is 33.8. The number of carbonyl (C=O) groups excluding carboxylic acids is 6. The van der Waals surface area contributed by atoms with Gasteiger partial charge in [0.15, 0.2) is 21.2 Å². The van der Waals surface area contributed by atoms with Crippen LogP contribution in [0.3, 0.4) is 0 Å². The van der Waals surface area contributed by atoms with E-state index >= 15 is 8.78 Å². The van der Waals surface area contributed by atoms with Crippen molar-refractivity contribution >= 4 is 66.7 Å². The van der Waals surface area contributed by atoms with Gasteiger partial charge in [-0.1, -0.05) is 18.2 Å². The molecule has 0 bridgehead atoms. The molecule has 4 N–H and O–H groups in total. The third-order valence-electron chi connectivity index (χ3n) is 12.5. The Hall–Kier alpha value is -8.49. The van der Waals surface area contributed by atoms with Gasteiger partial charge in [0.25, 0.3) is 3.57 Å². The molecule has 0 atom stereocenters. The van der Waals surface area contributed by atoms with Crippen LogP contribution in [-0.2, 0) is 38.6 Å². The number of ether oxygens (including phenoxy) is 5. The molecule has 0 aromatic heterocycles. The topological polar surface area (TPSA) is 264 Å². The van der Waals surface area contributed by atoms with Gasteiger partial charge in [-0.2, -0.15) is 0 Å². The molecule has 95 heavy (non-hydrogen) atoms. The molecule has 4 aromatic carbocycles. The molecule has 4 aromatic rings. The summed E-state index contributed by atoms with van der Waals surface area (Å²) in [6, 6.07) is 13.6. The number of nitrogens with zero attached hydrogens (tertiary/aromatic N) is 11. The smallest absolute Gasteiger partial charge is 0.437 e. The first-order valence-electron chi connectivity index (χ1n) is 29.0.